The maximum Gasteiger partial charge on any atom is 0.119 e. The van der Waals surface area contributed by atoms with Gasteiger partial charge in [-0.3, -0.25) is 4.99 Å². The largest absolute Gasteiger partial charge is 0.270 e. The Kier molecular flexibility index (Phi) is 2.20. The van der Waals surface area contributed by atoms with Gasteiger partial charge in [-0.2, -0.15) is 0 Å². The molecule has 0 radical (unpaired) electrons. The first-order valence-electron chi connectivity index (χ1n) is 3.73. The zero-order chi connectivity index (χ0) is 7.56. The predicted molar refractivity (Wildman–Crippen MR) is 44.9 cm³/mol. The van der Waals surface area contributed by atoms with E-state index in [4.69, 9.17) is 0 Å². The van der Waals surface area contributed by atoms with Gasteiger partial charge in [-0.25, -0.2) is 4.99 Å². The zero-order valence-corrected chi connectivity index (χ0v) is 6.89. The summed E-state index contributed by atoms with van der Waals surface area (Å²) < 4.78 is 0. The minimum atomic E-state index is 0.668. The van der Waals surface area contributed by atoms with Crippen molar-refractivity contribution in [1.82, 2.24) is 0 Å². The van der Waals surface area contributed by atoms with Gasteiger partial charge in [0.25, 0.3) is 0 Å². The van der Waals surface area contributed by atoms with Crippen molar-refractivity contribution >= 4 is 11.5 Å². The molecule has 1 atom stereocenters. The number of aliphatic imine (C=N–C) groups is 2. The molecule has 0 aliphatic carbocycles. The van der Waals surface area contributed by atoms with Gasteiger partial charge < -0.3 is 0 Å². The van der Waals surface area contributed by atoms with E-state index in [1.54, 1.807) is 0 Å². The van der Waals surface area contributed by atoms with Crippen LogP contribution >= 0.6 is 0 Å². The summed E-state index contributed by atoms with van der Waals surface area (Å²) in [6.07, 6.45) is 1.10. The van der Waals surface area contributed by atoms with Gasteiger partial charge in [0.05, 0.1) is 0 Å². The van der Waals surface area contributed by atoms with E-state index in [0.29, 0.717) is 5.92 Å². The molecule has 1 aliphatic heterocycles. The number of hydrogen-bond acceptors (Lipinski definition) is 2. The molecule has 0 saturated heterocycles. The molecule has 0 amide bonds. The second-order valence-corrected chi connectivity index (χ2v) is 3.04. The second-order valence-electron chi connectivity index (χ2n) is 3.04. The van der Waals surface area contributed by atoms with Crippen molar-refractivity contribution in [3.05, 3.63) is 0 Å². The highest BCUT2D eigenvalue weighted by atomic mass is 14.9. The van der Waals surface area contributed by atoms with Crippen molar-refractivity contribution < 1.29 is 0 Å². The van der Waals surface area contributed by atoms with Crippen LogP contribution in [0.15, 0.2) is 9.98 Å². The first-order chi connectivity index (χ1) is 4.68. The minimum absolute atomic E-state index is 0.668. The Balaban J connectivity index is 2.71. The lowest BCUT2D eigenvalue weighted by atomic mass is 10.1. The summed E-state index contributed by atoms with van der Waals surface area (Å²) in [5, 5.41) is 0. The lowest BCUT2D eigenvalue weighted by Gasteiger charge is -2.02. The Morgan fingerprint density at radius 1 is 1.40 bits per heavy atom. The molecule has 10 heavy (non-hydrogen) atoms. The minimum Gasteiger partial charge on any atom is -0.270 e. The molecule has 0 saturated carbocycles. The lowest BCUT2D eigenvalue weighted by Crippen LogP contribution is -2.02. The van der Waals surface area contributed by atoms with Crippen LogP contribution in [-0.4, -0.2) is 18.1 Å². The quantitative estimate of drug-likeness (QED) is 0.488. The monoisotopic (exact) mass is 138 g/mol. The first kappa shape index (κ1) is 7.45. The standard InChI is InChI=1S/C8H14N2/c1-6-4-7(2)10-8(3)9-5-6/h6H,4-5H2,1-3H3. The van der Waals surface area contributed by atoms with E-state index in [1.165, 1.54) is 5.71 Å². The molecule has 2 heteroatoms. The van der Waals surface area contributed by atoms with Gasteiger partial charge in [0.15, 0.2) is 0 Å². The SMILES string of the molecule is CC1=NC(C)=NCC(C)C1. The molecule has 1 rings (SSSR count). The number of amidine groups is 1. The van der Waals surface area contributed by atoms with Crippen LogP contribution in [0.2, 0.25) is 0 Å². The average Bonchev–Trinajstić information content (AvgIpc) is 1.93. The molecule has 0 N–H and O–H groups in total. The molecule has 2 nitrogen and oxygen atoms in total. The van der Waals surface area contributed by atoms with E-state index < -0.39 is 0 Å². The molecule has 0 bridgehead atoms. The fourth-order valence-corrected chi connectivity index (χ4v) is 1.21. The Labute approximate surface area is 62.1 Å². The van der Waals surface area contributed by atoms with Crippen LogP contribution in [0.1, 0.15) is 27.2 Å². The molecule has 0 fully saturated rings. The first-order valence-corrected chi connectivity index (χ1v) is 3.73. The van der Waals surface area contributed by atoms with Crippen LogP contribution < -0.4 is 0 Å². The smallest absolute Gasteiger partial charge is 0.119 e. The third kappa shape index (κ3) is 1.94. The van der Waals surface area contributed by atoms with Crippen molar-refractivity contribution in [2.45, 2.75) is 27.2 Å². The summed E-state index contributed by atoms with van der Waals surface area (Å²) in [6, 6.07) is 0. The molecule has 56 valence electrons. The Morgan fingerprint density at radius 3 is 2.80 bits per heavy atom. The fourth-order valence-electron chi connectivity index (χ4n) is 1.21. The van der Waals surface area contributed by atoms with Crippen LogP contribution in [0.5, 0.6) is 0 Å². The fraction of sp³-hybridized carbons (Fsp3) is 0.750. The summed E-state index contributed by atoms with van der Waals surface area (Å²) >= 11 is 0. The number of hydrogen-bond donors (Lipinski definition) is 0. The van der Waals surface area contributed by atoms with Crippen LogP contribution in [0.3, 0.4) is 0 Å². The summed E-state index contributed by atoms with van der Waals surface area (Å²) in [7, 11) is 0. The molecule has 1 aliphatic rings. The summed E-state index contributed by atoms with van der Waals surface area (Å²) in [5.41, 5.74) is 1.21. The highest BCUT2D eigenvalue weighted by Crippen LogP contribution is 2.07. The van der Waals surface area contributed by atoms with Gasteiger partial charge in [-0.1, -0.05) is 6.92 Å². The van der Waals surface area contributed by atoms with Gasteiger partial charge >= 0.3 is 0 Å². The normalized spacial score (nSPS) is 26.9. The highest BCUT2D eigenvalue weighted by Gasteiger charge is 2.06. The van der Waals surface area contributed by atoms with Gasteiger partial charge in [-0.05, 0) is 26.2 Å². The molecule has 1 unspecified atom stereocenters. The number of rotatable bonds is 0. The van der Waals surface area contributed by atoms with E-state index >= 15 is 0 Å². The topological polar surface area (TPSA) is 24.7 Å². The van der Waals surface area contributed by atoms with Crippen LogP contribution in [0, 0.1) is 5.92 Å². The number of nitrogens with zero attached hydrogens (tertiary/aromatic N) is 2. The van der Waals surface area contributed by atoms with Crippen LogP contribution in [0.4, 0.5) is 0 Å². The van der Waals surface area contributed by atoms with Crippen molar-refractivity contribution in [2.75, 3.05) is 6.54 Å². The predicted octanol–water partition coefficient (Wildman–Crippen LogP) is 1.91. The molecule has 1 heterocycles. The van der Waals surface area contributed by atoms with E-state index in [0.717, 1.165) is 18.8 Å². The molecule has 0 spiro atoms. The molecule has 0 aromatic heterocycles. The molecular weight excluding hydrogens is 124 g/mol. The van der Waals surface area contributed by atoms with Crippen molar-refractivity contribution in [3.63, 3.8) is 0 Å². The van der Waals surface area contributed by atoms with Crippen molar-refractivity contribution in [1.29, 1.82) is 0 Å². The van der Waals surface area contributed by atoms with E-state index in [1.807, 2.05) is 6.92 Å². The Morgan fingerprint density at radius 2 is 2.10 bits per heavy atom. The van der Waals surface area contributed by atoms with Crippen molar-refractivity contribution in [3.8, 4) is 0 Å². The van der Waals surface area contributed by atoms with Gasteiger partial charge in [0, 0.05) is 12.3 Å². The molecule has 0 aromatic rings. The molecular formula is C8H14N2. The third-order valence-electron chi connectivity index (χ3n) is 1.63. The summed E-state index contributed by atoms with van der Waals surface area (Å²) in [4.78, 5) is 8.58. The van der Waals surface area contributed by atoms with Gasteiger partial charge in [-0.15, -0.1) is 0 Å². The van der Waals surface area contributed by atoms with Gasteiger partial charge in [0.1, 0.15) is 5.84 Å². The second kappa shape index (κ2) is 2.95. The third-order valence-corrected chi connectivity index (χ3v) is 1.63. The molecule has 0 aromatic carbocycles. The average molecular weight is 138 g/mol. The van der Waals surface area contributed by atoms with Crippen LogP contribution in [-0.2, 0) is 0 Å². The summed E-state index contributed by atoms with van der Waals surface area (Å²) in [6.45, 7) is 7.18. The van der Waals surface area contributed by atoms with E-state index in [-0.39, 0.29) is 0 Å². The lowest BCUT2D eigenvalue weighted by molar-refractivity contribution is 0.627. The van der Waals surface area contributed by atoms with E-state index in [2.05, 4.69) is 23.8 Å². The van der Waals surface area contributed by atoms with E-state index in [9.17, 15) is 0 Å². The summed E-state index contributed by atoms with van der Waals surface area (Å²) in [5.74, 6) is 1.60. The van der Waals surface area contributed by atoms with Gasteiger partial charge in [0.2, 0.25) is 0 Å². The Bertz CT molecular complexity index is 180. The van der Waals surface area contributed by atoms with Crippen molar-refractivity contribution in [2.24, 2.45) is 15.9 Å². The van der Waals surface area contributed by atoms with Crippen LogP contribution in [0.25, 0.3) is 0 Å². The highest BCUT2D eigenvalue weighted by molar-refractivity contribution is 5.96. The maximum absolute atomic E-state index is 4.29. The maximum atomic E-state index is 4.29. The zero-order valence-electron chi connectivity index (χ0n) is 6.89. The Hall–Kier alpha value is -0.660.